The number of carbonyl (C=O) groups is 1. The van der Waals surface area contributed by atoms with Crippen LogP contribution in [0, 0.1) is 0 Å². The van der Waals surface area contributed by atoms with Crippen molar-refractivity contribution in [1.82, 2.24) is 10.3 Å². The van der Waals surface area contributed by atoms with Crippen LogP contribution in [0.3, 0.4) is 0 Å². The van der Waals surface area contributed by atoms with Crippen LogP contribution in [0.25, 0.3) is 10.6 Å². The molecule has 0 radical (unpaired) electrons. The zero-order chi connectivity index (χ0) is 18.9. The number of hydrogen-bond donors (Lipinski definition) is 1. The minimum Gasteiger partial charge on any atom is -0.494 e. The second kappa shape index (κ2) is 9.73. The highest BCUT2D eigenvalue weighted by Gasteiger charge is 2.09. The monoisotopic (exact) mass is 382 g/mol. The number of thiazole rings is 1. The van der Waals surface area contributed by atoms with Gasteiger partial charge in [0.05, 0.1) is 25.3 Å². The van der Waals surface area contributed by atoms with Crippen LogP contribution in [-0.4, -0.2) is 30.6 Å². The quantitative estimate of drug-likeness (QED) is 0.569. The van der Waals surface area contributed by atoms with Crippen molar-refractivity contribution in [2.75, 3.05) is 19.8 Å². The topological polar surface area (TPSA) is 60.5 Å². The third-order valence-electron chi connectivity index (χ3n) is 3.74. The highest BCUT2D eigenvalue weighted by atomic mass is 32.1. The van der Waals surface area contributed by atoms with Crippen molar-refractivity contribution in [2.45, 2.75) is 13.3 Å². The minimum absolute atomic E-state index is 0.0600. The van der Waals surface area contributed by atoms with Gasteiger partial charge in [0.2, 0.25) is 5.91 Å². The van der Waals surface area contributed by atoms with Gasteiger partial charge in [0, 0.05) is 10.9 Å². The van der Waals surface area contributed by atoms with Crippen molar-refractivity contribution in [3.63, 3.8) is 0 Å². The first-order valence-corrected chi connectivity index (χ1v) is 9.74. The molecule has 0 unspecified atom stereocenters. The first-order valence-electron chi connectivity index (χ1n) is 8.87. The molecule has 0 fully saturated rings. The van der Waals surface area contributed by atoms with Gasteiger partial charge in [-0.2, -0.15) is 0 Å². The molecule has 0 bridgehead atoms. The van der Waals surface area contributed by atoms with Crippen LogP contribution in [0.15, 0.2) is 60.0 Å². The fourth-order valence-electron chi connectivity index (χ4n) is 2.48. The maximum atomic E-state index is 12.1. The molecule has 0 aliphatic rings. The molecule has 2 aromatic carbocycles. The van der Waals surface area contributed by atoms with Crippen LogP contribution < -0.4 is 14.8 Å². The van der Waals surface area contributed by atoms with Gasteiger partial charge in [0.1, 0.15) is 23.1 Å². The van der Waals surface area contributed by atoms with Crippen molar-refractivity contribution in [1.29, 1.82) is 0 Å². The highest BCUT2D eigenvalue weighted by Crippen LogP contribution is 2.26. The molecule has 1 N–H and O–H groups in total. The largest absolute Gasteiger partial charge is 0.494 e. The lowest BCUT2D eigenvalue weighted by molar-refractivity contribution is -0.120. The first-order chi connectivity index (χ1) is 13.2. The van der Waals surface area contributed by atoms with Crippen LogP contribution in [0.4, 0.5) is 0 Å². The molecular formula is C21H22N2O3S. The van der Waals surface area contributed by atoms with Gasteiger partial charge in [-0.05, 0) is 43.3 Å². The summed E-state index contributed by atoms with van der Waals surface area (Å²) in [5.41, 5.74) is 1.79. The van der Waals surface area contributed by atoms with Crippen molar-refractivity contribution in [3.8, 4) is 22.1 Å². The third-order valence-corrected chi connectivity index (χ3v) is 4.68. The summed E-state index contributed by atoms with van der Waals surface area (Å²) in [5, 5.41) is 5.68. The zero-order valence-electron chi connectivity index (χ0n) is 15.2. The number of nitrogens with zero attached hydrogens (tertiary/aromatic N) is 1. The summed E-state index contributed by atoms with van der Waals surface area (Å²) in [6.45, 7) is 3.50. The normalized spacial score (nSPS) is 10.4. The molecule has 0 saturated carbocycles. The molecule has 0 aliphatic heterocycles. The van der Waals surface area contributed by atoms with Crippen molar-refractivity contribution in [3.05, 3.63) is 65.7 Å². The van der Waals surface area contributed by atoms with E-state index in [1.54, 1.807) is 0 Å². The average Bonchev–Trinajstić information content (AvgIpc) is 3.15. The van der Waals surface area contributed by atoms with Crippen LogP contribution in [0.1, 0.15) is 12.6 Å². The molecule has 3 rings (SSSR count). The summed E-state index contributed by atoms with van der Waals surface area (Å²) < 4.78 is 11.0. The predicted molar refractivity (Wildman–Crippen MR) is 107 cm³/mol. The second-order valence-electron chi connectivity index (χ2n) is 5.79. The fraction of sp³-hybridized carbons (Fsp3) is 0.238. The van der Waals surface area contributed by atoms with Gasteiger partial charge in [-0.15, -0.1) is 11.3 Å². The van der Waals surface area contributed by atoms with Crippen LogP contribution in [0.5, 0.6) is 11.5 Å². The summed E-state index contributed by atoms with van der Waals surface area (Å²) in [7, 11) is 0. The molecule has 3 aromatic rings. The molecule has 27 heavy (non-hydrogen) atoms. The molecule has 1 heterocycles. The number of rotatable bonds is 9. The minimum atomic E-state index is -0.0600. The summed E-state index contributed by atoms with van der Waals surface area (Å²) in [4.78, 5) is 16.6. The summed E-state index contributed by atoms with van der Waals surface area (Å²) in [6.07, 6.45) is 0.263. The van der Waals surface area contributed by atoms with E-state index in [1.165, 1.54) is 11.3 Å². The Kier molecular flexibility index (Phi) is 6.82. The number of aromatic nitrogens is 1. The summed E-state index contributed by atoms with van der Waals surface area (Å²) in [6, 6.07) is 17.4. The highest BCUT2D eigenvalue weighted by molar-refractivity contribution is 7.13. The standard InChI is InChI=1S/C21H22N2O3S/c1-2-25-19-10-8-16(9-11-19)21-23-17(15-27-21)14-20(24)22-12-13-26-18-6-4-3-5-7-18/h3-11,15H,2,12-14H2,1H3,(H,22,24). The lowest BCUT2D eigenvalue weighted by Crippen LogP contribution is -2.29. The Morgan fingerprint density at radius 1 is 1.04 bits per heavy atom. The van der Waals surface area contributed by atoms with Crippen molar-refractivity contribution < 1.29 is 14.3 Å². The molecule has 140 valence electrons. The van der Waals surface area contributed by atoms with E-state index in [0.717, 1.165) is 27.8 Å². The van der Waals surface area contributed by atoms with E-state index in [1.807, 2.05) is 66.9 Å². The molecule has 6 heteroatoms. The number of carbonyl (C=O) groups excluding carboxylic acids is 1. The van der Waals surface area contributed by atoms with E-state index in [-0.39, 0.29) is 12.3 Å². The number of ether oxygens (including phenoxy) is 2. The first kappa shape index (κ1) is 18.9. The van der Waals surface area contributed by atoms with Gasteiger partial charge in [0.15, 0.2) is 0 Å². The summed E-state index contributed by atoms with van der Waals surface area (Å²) >= 11 is 1.53. The molecule has 0 saturated heterocycles. The summed E-state index contributed by atoms with van der Waals surface area (Å²) in [5.74, 6) is 1.58. The Labute approximate surface area is 163 Å². The smallest absolute Gasteiger partial charge is 0.226 e. The number of nitrogens with one attached hydrogen (secondary N) is 1. The fourth-order valence-corrected chi connectivity index (χ4v) is 3.31. The van der Waals surface area contributed by atoms with E-state index in [0.29, 0.717) is 19.8 Å². The number of amides is 1. The molecule has 0 spiro atoms. The van der Waals surface area contributed by atoms with Gasteiger partial charge in [-0.25, -0.2) is 4.98 Å². The second-order valence-corrected chi connectivity index (χ2v) is 6.65. The molecule has 5 nitrogen and oxygen atoms in total. The number of para-hydroxylation sites is 1. The Morgan fingerprint density at radius 2 is 1.78 bits per heavy atom. The van der Waals surface area contributed by atoms with E-state index in [4.69, 9.17) is 9.47 Å². The molecular weight excluding hydrogens is 360 g/mol. The van der Waals surface area contributed by atoms with Gasteiger partial charge in [0.25, 0.3) is 0 Å². The Balaban J connectivity index is 1.44. The zero-order valence-corrected chi connectivity index (χ0v) is 16.0. The van der Waals surface area contributed by atoms with Gasteiger partial charge in [-0.1, -0.05) is 18.2 Å². The predicted octanol–water partition coefficient (Wildman–Crippen LogP) is 3.95. The average molecular weight is 382 g/mol. The van der Waals surface area contributed by atoms with Gasteiger partial charge >= 0.3 is 0 Å². The number of benzene rings is 2. The maximum absolute atomic E-state index is 12.1. The Bertz CT molecular complexity index is 847. The van der Waals surface area contributed by atoms with Crippen LogP contribution >= 0.6 is 11.3 Å². The van der Waals surface area contributed by atoms with Gasteiger partial charge < -0.3 is 14.8 Å². The van der Waals surface area contributed by atoms with E-state index in [9.17, 15) is 4.79 Å². The molecule has 1 amide bonds. The Morgan fingerprint density at radius 3 is 2.52 bits per heavy atom. The van der Waals surface area contributed by atoms with Crippen LogP contribution in [-0.2, 0) is 11.2 Å². The van der Waals surface area contributed by atoms with E-state index in [2.05, 4.69) is 10.3 Å². The molecule has 0 aliphatic carbocycles. The van der Waals surface area contributed by atoms with E-state index >= 15 is 0 Å². The lowest BCUT2D eigenvalue weighted by atomic mass is 10.2. The lowest BCUT2D eigenvalue weighted by Gasteiger charge is -2.07. The Hall–Kier alpha value is -2.86. The SMILES string of the molecule is CCOc1ccc(-c2nc(CC(=O)NCCOc3ccccc3)cs2)cc1. The number of hydrogen-bond acceptors (Lipinski definition) is 5. The van der Waals surface area contributed by atoms with Crippen molar-refractivity contribution >= 4 is 17.2 Å². The van der Waals surface area contributed by atoms with E-state index < -0.39 is 0 Å². The van der Waals surface area contributed by atoms with Crippen molar-refractivity contribution in [2.24, 2.45) is 0 Å². The maximum Gasteiger partial charge on any atom is 0.226 e. The van der Waals surface area contributed by atoms with Crippen LogP contribution in [0.2, 0.25) is 0 Å². The third kappa shape index (κ3) is 5.82. The van der Waals surface area contributed by atoms with Gasteiger partial charge in [-0.3, -0.25) is 4.79 Å². The molecule has 1 aromatic heterocycles. The molecule has 0 atom stereocenters.